The minimum absolute atomic E-state index is 0.117. The van der Waals surface area contributed by atoms with Gasteiger partial charge >= 0.3 is 0 Å². The van der Waals surface area contributed by atoms with Gasteiger partial charge in [-0.2, -0.15) is 0 Å². The molecule has 186 valence electrons. The van der Waals surface area contributed by atoms with Crippen LogP contribution in [0.4, 0.5) is 0 Å². The molecule has 0 saturated carbocycles. The highest BCUT2D eigenvalue weighted by molar-refractivity contribution is 4.53. The Kier molecular flexibility index (Phi) is 14.8. The van der Waals surface area contributed by atoms with E-state index >= 15 is 0 Å². The van der Waals surface area contributed by atoms with Crippen molar-refractivity contribution < 1.29 is 20.1 Å². The molecule has 0 bridgehead atoms. The summed E-state index contributed by atoms with van der Waals surface area (Å²) in [5, 5.41) is 41.9. The number of hydrazine groups is 4. The summed E-state index contributed by atoms with van der Waals surface area (Å²) in [7, 11) is 0. The average Bonchev–Trinajstić information content (AvgIpc) is 2.71. The molecule has 1 aliphatic heterocycles. The molecule has 0 atom stereocenters. The van der Waals surface area contributed by atoms with E-state index in [4.69, 9.17) is 0 Å². The molecule has 1 fully saturated rings. The second kappa shape index (κ2) is 16.5. The first-order chi connectivity index (χ1) is 15.1. The van der Waals surface area contributed by atoms with E-state index in [-0.39, 0.29) is 23.1 Å². The summed E-state index contributed by atoms with van der Waals surface area (Å²) < 4.78 is 0. The first-order valence-corrected chi connectivity index (χ1v) is 10.7. The van der Waals surface area contributed by atoms with E-state index in [1.807, 2.05) is 0 Å². The number of nitrogens with zero attached hydrogens (tertiary/aromatic N) is 8. The van der Waals surface area contributed by atoms with Crippen LogP contribution in [0, 0.1) is 40.5 Å². The molecule has 16 heteroatoms. The van der Waals surface area contributed by atoms with Crippen LogP contribution in [-0.2, 0) is 0 Å². The monoisotopic (exact) mass is 466 g/mol. The van der Waals surface area contributed by atoms with Crippen molar-refractivity contribution in [1.82, 2.24) is 20.0 Å². The average molecular weight is 466 g/mol. The number of hydrogen-bond donors (Lipinski definition) is 0. The highest BCUT2D eigenvalue weighted by Crippen LogP contribution is 2.08. The van der Waals surface area contributed by atoms with Crippen molar-refractivity contribution in [1.29, 1.82) is 0 Å². The third-order valence-electron chi connectivity index (χ3n) is 4.69. The minimum atomic E-state index is -1.02. The number of rotatable bonds is 9. The number of hydrogen-bond acceptors (Lipinski definition) is 8. The van der Waals surface area contributed by atoms with Gasteiger partial charge in [0.25, 0.3) is 0 Å². The molecule has 1 saturated heterocycles. The summed E-state index contributed by atoms with van der Waals surface area (Å²) in [5.41, 5.74) is 0. The van der Waals surface area contributed by atoms with Gasteiger partial charge in [0.2, 0.25) is 20.0 Å². The van der Waals surface area contributed by atoms with Crippen LogP contribution in [0.15, 0.2) is 0 Å². The van der Waals surface area contributed by atoms with Gasteiger partial charge in [0.05, 0.1) is 13.1 Å². The van der Waals surface area contributed by atoms with Crippen LogP contribution in [0.2, 0.25) is 0 Å². The predicted molar refractivity (Wildman–Crippen MR) is 113 cm³/mol. The van der Waals surface area contributed by atoms with Gasteiger partial charge in [-0.1, -0.05) is 62.4 Å². The molecule has 0 amide bonds. The number of unbranched alkanes of at least 4 members (excludes halogenated alkanes) is 5. The molecular formula is C16H34N8O8. The zero-order chi connectivity index (χ0) is 24.5. The van der Waals surface area contributed by atoms with E-state index in [0.29, 0.717) is 29.3 Å². The topological polar surface area (TPSA) is 186 Å². The molecule has 0 N–H and O–H groups in total. The van der Waals surface area contributed by atoms with Crippen LogP contribution in [0.5, 0.6) is 0 Å². The van der Waals surface area contributed by atoms with E-state index in [1.165, 1.54) is 38.5 Å². The molecular weight excluding hydrogens is 432 g/mol. The summed E-state index contributed by atoms with van der Waals surface area (Å²) in [6.07, 6.45) is 9.49. The van der Waals surface area contributed by atoms with E-state index in [0.717, 1.165) is 0 Å². The molecule has 0 aromatic rings. The summed E-state index contributed by atoms with van der Waals surface area (Å²) in [5.74, 6) is 0. The molecule has 32 heavy (non-hydrogen) atoms. The Morgan fingerprint density at radius 3 is 1.12 bits per heavy atom. The molecule has 0 aliphatic carbocycles. The Labute approximate surface area is 186 Å². The van der Waals surface area contributed by atoms with E-state index in [1.54, 1.807) is 0 Å². The molecule has 0 aromatic heterocycles. The van der Waals surface area contributed by atoms with Gasteiger partial charge in [-0.15, -0.1) is 10.0 Å². The Balaban J connectivity index is 0.00000102. The maximum Gasteiger partial charge on any atom is 0.212 e. The van der Waals surface area contributed by atoms with Gasteiger partial charge in [0.15, 0.2) is 20.1 Å². The second-order valence-corrected chi connectivity index (χ2v) is 7.32. The van der Waals surface area contributed by atoms with Crippen molar-refractivity contribution in [2.45, 2.75) is 71.6 Å². The highest BCUT2D eigenvalue weighted by Gasteiger charge is 2.33. The van der Waals surface area contributed by atoms with Gasteiger partial charge in [0.1, 0.15) is 0 Å². The van der Waals surface area contributed by atoms with E-state index < -0.39 is 40.1 Å². The van der Waals surface area contributed by atoms with Gasteiger partial charge in [-0.3, -0.25) is 0 Å². The summed E-state index contributed by atoms with van der Waals surface area (Å²) in [6, 6.07) is 0. The fraction of sp³-hybridized carbons (Fsp3) is 1.00. The van der Waals surface area contributed by atoms with Crippen LogP contribution in [-0.4, -0.2) is 73.3 Å². The van der Waals surface area contributed by atoms with Crippen LogP contribution >= 0.6 is 0 Å². The van der Waals surface area contributed by atoms with Crippen molar-refractivity contribution in [3.8, 4) is 0 Å². The van der Waals surface area contributed by atoms with Crippen LogP contribution < -0.4 is 0 Å². The van der Waals surface area contributed by atoms with Crippen molar-refractivity contribution in [3.05, 3.63) is 40.5 Å². The quantitative estimate of drug-likeness (QED) is 0.275. The lowest BCUT2D eigenvalue weighted by atomic mass is 10.1. The van der Waals surface area contributed by atoms with Crippen molar-refractivity contribution in [2.24, 2.45) is 0 Å². The summed E-state index contributed by atoms with van der Waals surface area (Å²) in [4.78, 5) is 43.9. The Morgan fingerprint density at radius 2 is 0.844 bits per heavy atom. The Morgan fingerprint density at radius 1 is 0.531 bits per heavy atom. The molecule has 0 radical (unpaired) electrons. The molecule has 1 aliphatic rings. The second-order valence-electron chi connectivity index (χ2n) is 7.32. The third-order valence-corrected chi connectivity index (χ3v) is 4.69. The molecule has 1 rings (SSSR count). The predicted octanol–water partition coefficient (Wildman–Crippen LogP) is 2.38. The van der Waals surface area contributed by atoms with Crippen molar-refractivity contribution >= 4 is 0 Å². The lowest BCUT2D eigenvalue weighted by molar-refractivity contribution is -0.749. The normalized spacial score (nSPS) is 15.7. The Hall–Kier alpha value is -3.20. The lowest BCUT2D eigenvalue weighted by Crippen LogP contribution is -2.53. The van der Waals surface area contributed by atoms with Gasteiger partial charge in [0, 0.05) is 0 Å². The van der Waals surface area contributed by atoms with E-state index in [9.17, 15) is 40.5 Å². The maximum atomic E-state index is 11.0. The van der Waals surface area contributed by atoms with Gasteiger partial charge in [-0.25, -0.2) is 40.5 Å². The fourth-order valence-corrected chi connectivity index (χ4v) is 2.89. The first kappa shape index (κ1) is 28.8. The third kappa shape index (κ3) is 12.5. The largest absolute Gasteiger partial charge is 0.235 e. The fourth-order valence-electron chi connectivity index (χ4n) is 2.89. The Bertz CT molecular complexity index is 548. The van der Waals surface area contributed by atoms with Gasteiger partial charge < -0.3 is 0 Å². The van der Waals surface area contributed by atoms with E-state index in [2.05, 4.69) is 13.8 Å². The SMILES string of the molecule is CCCCCCCC.O=[N+]([O-])N1CCCCCN([N+](=O)[O-])CN([N+](=O)[O-])CN([N+](=O)[O-])C1. The van der Waals surface area contributed by atoms with Crippen LogP contribution in [0.25, 0.3) is 0 Å². The smallest absolute Gasteiger partial charge is 0.212 e. The molecule has 0 unspecified atom stereocenters. The van der Waals surface area contributed by atoms with Crippen LogP contribution in [0.3, 0.4) is 0 Å². The van der Waals surface area contributed by atoms with Gasteiger partial charge in [-0.05, 0) is 19.3 Å². The highest BCUT2D eigenvalue weighted by atomic mass is 16.7. The van der Waals surface area contributed by atoms with Crippen molar-refractivity contribution in [3.63, 3.8) is 0 Å². The molecule has 1 heterocycles. The number of nitro groups is 4. The van der Waals surface area contributed by atoms with Crippen LogP contribution in [0.1, 0.15) is 71.6 Å². The lowest BCUT2D eigenvalue weighted by Gasteiger charge is -2.24. The van der Waals surface area contributed by atoms with Crippen molar-refractivity contribution in [2.75, 3.05) is 33.1 Å². The zero-order valence-electron chi connectivity index (χ0n) is 18.7. The minimum Gasteiger partial charge on any atom is -0.235 e. The molecule has 0 spiro atoms. The first-order valence-electron chi connectivity index (χ1n) is 10.7. The zero-order valence-corrected chi connectivity index (χ0v) is 18.7. The standard InChI is InChI=1S/C8H16N8O8.C8H18/c17-13(18)9-4-2-1-3-5-10(14(19)20)7-12(16(23)24)8-11(6-9)15(21)22;1-3-5-7-8-6-4-2/h1-8H2;3-8H2,1-2H3. The maximum absolute atomic E-state index is 11.0. The summed E-state index contributed by atoms with van der Waals surface area (Å²) >= 11 is 0. The summed E-state index contributed by atoms with van der Waals surface area (Å²) in [6.45, 7) is 1.75. The molecule has 0 aromatic carbocycles. The molecule has 16 nitrogen and oxygen atoms in total.